The Bertz CT molecular complexity index is 250. The molecule has 0 amide bonds. The van der Waals surface area contributed by atoms with Crippen molar-refractivity contribution in [2.45, 2.75) is 52.0 Å². The first kappa shape index (κ1) is 13.5. The molecule has 16 heavy (non-hydrogen) atoms. The molecule has 2 atom stereocenters. The Hall–Kier alpha value is -0.560. The minimum absolute atomic E-state index is 0.751. The van der Waals surface area contributed by atoms with E-state index < -0.39 is 0 Å². The Morgan fingerprint density at radius 1 is 1.50 bits per heavy atom. The highest BCUT2D eigenvalue weighted by molar-refractivity contribution is 5.04. The van der Waals surface area contributed by atoms with Crippen LogP contribution in [0.15, 0.2) is 23.8 Å². The van der Waals surface area contributed by atoms with Gasteiger partial charge < -0.3 is 4.90 Å². The molecule has 1 rings (SSSR count). The van der Waals surface area contributed by atoms with Crippen LogP contribution >= 0.6 is 0 Å². The van der Waals surface area contributed by atoms with Crippen LogP contribution < -0.4 is 0 Å². The quantitative estimate of drug-likeness (QED) is 0.634. The first-order valence-electron chi connectivity index (χ1n) is 6.58. The first-order valence-corrected chi connectivity index (χ1v) is 6.58. The number of hydrogen-bond acceptors (Lipinski definition) is 1. The van der Waals surface area contributed by atoms with Crippen LogP contribution in [0.25, 0.3) is 0 Å². The van der Waals surface area contributed by atoms with E-state index >= 15 is 0 Å². The summed E-state index contributed by atoms with van der Waals surface area (Å²) in [5, 5.41) is 0. The van der Waals surface area contributed by atoms with Crippen molar-refractivity contribution >= 4 is 0 Å². The molecule has 1 heteroatoms. The Morgan fingerprint density at radius 3 is 2.75 bits per heavy atom. The maximum Gasteiger partial charge on any atom is 0.0123 e. The molecule has 0 aliphatic heterocycles. The average Bonchev–Trinajstić information content (AvgIpc) is 2.26. The van der Waals surface area contributed by atoms with Gasteiger partial charge in [0.05, 0.1) is 0 Å². The third-order valence-electron chi connectivity index (χ3n) is 3.75. The fourth-order valence-electron chi connectivity index (χ4n) is 2.68. The third kappa shape index (κ3) is 4.13. The molecular formula is C15H27N. The second-order valence-electron chi connectivity index (χ2n) is 5.26. The van der Waals surface area contributed by atoms with Crippen molar-refractivity contribution in [3.63, 3.8) is 0 Å². The molecule has 0 radical (unpaired) electrons. The summed E-state index contributed by atoms with van der Waals surface area (Å²) in [5.74, 6) is 0.865. The fraction of sp³-hybridized carbons (Fsp3) is 0.733. The normalized spacial score (nSPS) is 23.8. The van der Waals surface area contributed by atoms with Crippen LogP contribution in [0, 0.1) is 5.92 Å². The van der Waals surface area contributed by atoms with E-state index in [0.717, 1.165) is 12.0 Å². The van der Waals surface area contributed by atoms with Gasteiger partial charge in [0, 0.05) is 6.04 Å². The summed E-state index contributed by atoms with van der Waals surface area (Å²) in [4.78, 5) is 2.42. The predicted octanol–water partition coefficient (Wildman–Crippen LogP) is 4.02. The predicted molar refractivity (Wildman–Crippen MR) is 72.6 cm³/mol. The van der Waals surface area contributed by atoms with Crippen LogP contribution in [0.1, 0.15) is 46.0 Å². The SMILES string of the molecule is C/C=C/CCC(C1CC=C(C)CC1)N(C)C. The zero-order valence-corrected chi connectivity index (χ0v) is 11.4. The van der Waals surface area contributed by atoms with Crippen LogP contribution in [0.5, 0.6) is 0 Å². The van der Waals surface area contributed by atoms with Crippen LogP contribution in [0.2, 0.25) is 0 Å². The largest absolute Gasteiger partial charge is 0.306 e. The minimum atomic E-state index is 0.751. The van der Waals surface area contributed by atoms with Crippen LogP contribution in [0.3, 0.4) is 0 Å². The van der Waals surface area contributed by atoms with Crippen molar-refractivity contribution < 1.29 is 0 Å². The monoisotopic (exact) mass is 221 g/mol. The molecule has 1 nitrogen and oxygen atoms in total. The van der Waals surface area contributed by atoms with Crippen LogP contribution in [0.4, 0.5) is 0 Å². The molecule has 2 unspecified atom stereocenters. The molecule has 1 aliphatic carbocycles. The van der Waals surface area contributed by atoms with E-state index in [2.05, 4.69) is 51.1 Å². The number of allylic oxidation sites excluding steroid dienone is 4. The lowest BCUT2D eigenvalue weighted by Crippen LogP contribution is -2.35. The number of nitrogens with zero attached hydrogens (tertiary/aromatic N) is 1. The molecule has 0 fully saturated rings. The standard InChI is InChI=1S/C15H27N/c1-5-6-7-8-15(16(3)4)14-11-9-13(2)10-12-14/h5-6,9,14-15H,7-8,10-12H2,1-4H3/b6-5+. The second-order valence-corrected chi connectivity index (χ2v) is 5.26. The molecule has 0 bridgehead atoms. The van der Waals surface area contributed by atoms with Gasteiger partial charge in [0.2, 0.25) is 0 Å². The molecular weight excluding hydrogens is 194 g/mol. The van der Waals surface area contributed by atoms with Crippen molar-refractivity contribution in [1.29, 1.82) is 0 Å². The summed E-state index contributed by atoms with van der Waals surface area (Å²) in [7, 11) is 4.46. The number of hydrogen-bond donors (Lipinski definition) is 0. The zero-order valence-electron chi connectivity index (χ0n) is 11.4. The van der Waals surface area contributed by atoms with E-state index in [9.17, 15) is 0 Å². The first-order chi connectivity index (χ1) is 7.65. The van der Waals surface area contributed by atoms with Crippen molar-refractivity contribution in [3.8, 4) is 0 Å². The molecule has 1 aliphatic rings. The van der Waals surface area contributed by atoms with Gasteiger partial charge >= 0.3 is 0 Å². The molecule has 0 saturated carbocycles. The Labute approximate surface area is 101 Å². The second kappa shape index (κ2) is 6.90. The molecule has 0 aromatic rings. The highest BCUT2D eigenvalue weighted by Gasteiger charge is 2.23. The van der Waals surface area contributed by atoms with Gasteiger partial charge in [-0.3, -0.25) is 0 Å². The highest BCUT2D eigenvalue weighted by atomic mass is 15.1. The van der Waals surface area contributed by atoms with E-state index in [4.69, 9.17) is 0 Å². The van der Waals surface area contributed by atoms with Crippen LogP contribution in [-0.2, 0) is 0 Å². The summed E-state index contributed by atoms with van der Waals surface area (Å²) < 4.78 is 0. The fourth-order valence-corrected chi connectivity index (χ4v) is 2.68. The average molecular weight is 221 g/mol. The van der Waals surface area contributed by atoms with E-state index in [1.54, 1.807) is 5.57 Å². The Balaban J connectivity index is 2.50. The summed E-state index contributed by atoms with van der Waals surface area (Å²) in [6.07, 6.45) is 13.4. The van der Waals surface area contributed by atoms with Gasteiger partial charge in [0.25, 0.3) is 0 Å². The summed E-state index contributed by atoms with van der Waals surface area (Å²) in [6.45, 7) is 4.37. The number of rotatable bonds is 5. The summed E-state index contributed by atoms with van der Waals surface area (Å²) in [5.41, 5.74) is 1.59. The van der Waals surface area contributed by atoms with Gasteiger partial charge in [-0.1, -0.05) is 23.8 Å². The highest BCUT2D eigenvalue weighted by Crippen LogP contribution is 2.29. The molecule has 0 saturated heterocycles. The summed E-state index contributed by atoms with van der Waals surface area (Å²) >= 11 is 0. The van der Waals surface area contributed by atoms with Gasteiger partial charge in [0.15, 0.2) is 0 Å². The third-order valence-corrected chi connectivity index (χ3v) is 3.75. The zero-order chi connectivity index (χ0) is 12.0. The lowest BCUT2D eigenvalue weighted by molar-refractivity contribution is 0.186. The van der Waals surface area contributed by atoms with E-state index in [1.807, 2.05) is 0 Å². The van der Waals surface area contributed by atoms with Crippen molar-refractivity contribution in [2.24, 2.45) is 5.92 Å². The molecule has 0 aromatic carbocycles. The molecule has 0 aromatic heterocycles. The summed E-state index contributed by atoms with van der Waals surface area (Å²) in [6, 6.07) is 0.751. The lowest BCUT2D eigenvalue weighted by Gasteiger charge is -2.34. The molecule has 0 spiro atoms. The van der Waals surface area contributed by atoms with Crippen molar-refractivity contribution in [3.05, 3.63) is 23.8 Å². The molecule has 92 valence electrons. The Morgan fingerprint density at radius 2 is 2.25 bits per heavy atom. The van der Waals surface area contributed by atoms with E-state index in [0.29, 0.717) is 0 Å². The minimum Gasteiger partial charge on any atom is -0.306 e. The maximum atomic E-state index is 2.44. The van der Waals surface area contributed by atoms with Gasteiger partial charge in [-0.2, -0.15) is 0 Å². The topological polar surface area (TPSA) is 3.24 Å². The van der Waals surface area contributed by atoms with Crippen molar-refractivity contribution in [1.82, 2.24) is 4.90 Å². The van der Waals surface area contributed by atoms with Gasteiger partial charge in [-0.05, 0) is 66.0 Å². The van der Waals surface area contributed by atoms with E-state index in [-0.39, 0.29) is 0 Å². The smallest absolute Gasteiger partial charge is 0.0123 e. The van der Waals surface area contributed by atoms with Crippen LogP contribution in [-0.4, -0.2) is 25.0 Å². The van der Waals surface area contributed by atoms with Gasteiger partial charge in [0.1, 0.15) is 0 Å². The van der Waals surface area contributed by atoms with Gasteiger partial charge in [-0.15, -0.1) is 0 Å². The molecule has 0 N–H and O–H groups in total. The lowest BCUT2D eigenvalue weighted by atomic mass is 9.82. The van der Waals surface area contributed by atoms with Gasteiger partial charge in [-0.25, -0.2) is 0 Å². The molecule has 0 heterocycles. The Kier molecular flexibility index (Phi) is 5.83. The maximum absolute atomic E-state index is 2.44. The van der Waals surface area contributed by atoms with Crippen molar-refractivity contribution in [2.75, 3.05) is 14.1 Å². The van der Waals surface area contributed by atoms with E-state index in [1.165, 1.54) is 32.1 Å².